The molecular weight excluding hydrogens is 515 g/mol. The van der Waals surface area contributed by atoms with Gasteiger partial charge in [0.05, 0.1) is 29.8 Å². The summed E-state index contributed by atoms with van der Waals surface area (Å²) < 4.78 is 8.28. The summed E-state index contributed by atoms with van der Waals surface area (Å²) in [4.78, 5) is 29.4. The van der Waals surface area contributed by atoms with Crippen LogP contribution in [0.1, 0.15) is 35.0 Å². The first-order chi connectivity index (χ1) is 18.9. The molecule has 0 spiro atoms. The summed E-state index contributed by atoms with van der Waals surface area (Å²) in [7, 11) is -0.720. The van der Waals surface area contributed by atoms with Crippen LogP contribution in [0.2, 0.25) is 11.8 Å². The smallest absolute Gasteiger partial charge is 0.377 e. The van der Waals surface area contributed by atoms with E-state index in [2.05, 4.69) is 14.5 Å². The Balaban J connectivity index is 1.26. The van der Waals surface area contributed by atoms with Crippen LogP contribution in [0.3, 0.4) is 0 Å². The number of rotatable bonds is 5. The topological polar surface area (TPSA) is 87.0 Å². The van der Waals surface area contributed by atoms with Gasteiger partial charge in [0.2, 0.25) is 5.91 Å². The minimum Gasteiger partial charge on any atom is -0.488 e. The fourth-order valence-electron chi connectivity index (χ4n) is 6.33. The zero-order chi connectivity index (χ0) is 27.1. The Morgan fingerprint density at radius 3 is 2.87 bits per heavy atom. The number of benzene rings is 1. The normalized spacial score (nSPS) is 23.6. The highest BCUT2D eigenvalue weighted by Gasteiger charge is 2.43. The highest BCUT2D eigenvalue weighted by Crippen LogP contribution is 2.40. The van der Waals surface area contributed by atoms with Crippen LogP contribution < -0.4 is 4.74 Å². The van der Waals surface area contributed by atoms with Gasteiger partial charge in [0, 0.05) is 67.8 Å². The largest absolute Gasteiger partial charge is 0.488 e. The van der Waals surface area contributed by atoms with Crippen LogP contribution in [-0.2, 0) is 17.9 Å². The first-order valence-electron chi connectivity index (χ1n) is 13.7. The molecule has 2 fully saturated rings. The number of carbonyl (C=O) groups is 1. The Kier molecular flexibility index (Phi) is 7.37. The molecule has 0 saturated carbocycles. The van der Waals surface area contributed by atoms with Gasteiger partial charge in [-0.1, -0.05) is 23.7 Å². The summed E-state index contributed by atoms with van der Waals surface area (Å²) >= 11 is 6.33. The molecule has 2 saturated heterocycles. The van der Waals surface area contributed by atoms with E-state index < -0.39 is 13.1 Å². The second kappa shape index (κ2) is 10.9. The fourth-order valence-corrected chi connectivity index (χ4v) is 6.49. The van der Waals surface area contributed by atoms with Crippen molar-refractivity contribution < 1.29 is 14.6 Å². The maximum absolute atomic E-state index is 14.0. The van der Waals surface area contributed by atoms with E-state index in [1.807, 2.05) is 65.7 Å². The molecule has 1 amide bonds. The van der Waals surface area contributed by atoms with E-state index in [-0.39, 0.29) is 11.9 Å². The summed E-state index contributed by atoms with van der Waals surface area (Å²) in [6.07, 6.45) is 6.68. The summed E-state index contributed by atoms with van der Waals surface area (Å²) in [5.74, 6) is 1.20. The van der Waals surface area contributed by atoms with Gasteiger partial charge < -0.3 is 24.0 Å². The minimum absolute atomic E-state index is 0.0763. The van der Waals surface area contributed by atoms with E-state index in [1.54, 1.807) is 6.82 Å². The summed E-state index contributed by atoms with van der Waals surface area (Å²) in [6, 6.07) is 9.08. The van der Waals surface area contributed by atoms with E-state index in [4.69, 9.17) is 21.3 Å². The van der Waals surface area contributed by atoms with Gasteiger partial charge in [-0.15, -0.1) is 0 Å². The number of likely N-dealkylation sites (tertiary alicyclic amines) is 1. The predicted molar refractivity (Wildman–Crippen MR) is 149 cm³/mol. The molecule has 0 bridgehead atoms. The molecule has 11 heteroatoms. The van der Waals surface area contributed by atoms with E-state index in [0.29, 0.717) is 43.7 Å². The third kappa shape index (κ3) is 5.30. The molecule has 1 aromatic carbocycles. The van der Waals surface area contributed by atoms with Crippen molar-refractivity contribution >= 4 is 24.6 Å². The van der Waals surface area contributed by atoms with Crippen LogP contribution >= 0.6 is 11.6 Å². The molecule has 1 unspecified atom stereocenters. The Hall–Kier alpha value is -2.92. The summed E-state index contributed by atoms with van der Waals surface area (Å²) in [6.45, 7) is 8.17. The highest BCUT2D eigenvalue weighted by atomic mass is 35.5. The number of imidazole rings is 1. The molecule has 0 aliphatic carbocycles. The van der Waals surface area contributed by atoms with E-state index >= 15 is 0 Å². The Bertz CT molecular complexity index is 1350. The van der Waals surface area contributed by atoms with Crippen molar-refractivity contribution in [3.05, 3.63) is 76.6 Å². The Labute approximate surface area is 234 Å². The van der Waals surface area contributed by atoms with Gasteiger partial charge in [-0.05, 0) is 44.3 Å². The van der Waals surface area contributed by atoms with Crippen LogP contribution in [0, 0.1) is 12.8 Å². The van der Waals surface area contributed by atoms with Crippen LogP contribution in [0.5, 0.6) is 5.75 Å². The number of fused-ring (bicyclic) bond motifs is 2. The lowest BCUT2D eigenvalue weighted by Gasteiger charge is -2.45. The molecule has 39 heavy (non-hydrogen) atoms. The standard InChI is InChI=1S/C28H34BClN6O3/c1-19-13-33(18-32-19)14-20-7-9-35(15-20)28(37)24-16-34(10-11-36(24)29(2)38)27-23-6-5-22(30)12-25(23)39-17-21-4-3-8-31-26(21)27/h3-6,8,12-13,18,20,24,27,38H,7,9-11,14-17H2,1-2H3/t20-,24?,27+/m0/s1. The molecule has 3 aliphatic heterocycles. The van der Waals surface area contributed by atoms with Crippen molar-refractivity contribution in [2.75, 3.05) is 32.7 Å². The molecule has 1 N–H and O–H groups in total. The zero-order valence-electron chi connectivity index (χ0n) is 22.4. The molecule has 5 heterocycles. The number of aromatic nitrogens is 3. The Morgan fingerprint density at radius 1 is 1.21 bits per heavy atom. The number of carbonyl (C=O) groups excluding carboxylic acids is 1. The van der Waals surface area contributed by atoms with Gasteiger partial charge in [-0.3, -0.25) is 14.7 Å². The highest BCUT2D eigenvalue weighted by molar-refractivity contribution is 6.45. The minimum atomic E-state index is -0.720. The number of hydrogen-bond acceptors (Lipinski definition) is 7. The third-order valence-electron chi connectivity index (χ3n) is 8.25. The maximum atomic E-state index is 14.0. The number of amides is 1. The van der Waals surface area contributed by atoms with Crippen molar-refractivity contribution in [3.8, 4) is 5.75 Å². The molecular formula is C28H34BClN6O3. The lowest BCUT2D eigenvalue weighted by molar-refractivity contribution is -0.137. The summed E-state index contributed by atoms with van der Waals surface area (Å²) in [5.41, 5.74) is 3.95. The molecule has 9 nitrogen and oxygen atoms in total. The number of aryl methyl sites for hydroxylation is 1. The number of halogens is 1. The number of hydrogen-bond donors (Lipinski definition) is 1. The van der Waals surface area contributed by atoms with E-state index in [0.717, 1.165) is 47.8 Å². The first-order valence-corrected chi connectivity index (χ1v) is 14.1. The average Bonchev–Trinajstić information content (AvgIpc) is 3.53. The molecule has 3 aliphatic rings. The van der Waals surface area contributed by atoms with Crippen molar-refractivity contribution in [1.29, 1.82) is 0 Å². The predicted octanol–water partition coefficient (Wildman–Crippen LogP) is 2.87. The summed E-state index contributed by atoms with van der Waals surface area (Å²) in [5, 5.41) is 11.3. The number of piperazine rings is 1. The maximum Gasteiger partial charge on any atom is 0.377 e. The number of nitrogens with zero attached hydrogens (tertiary/aromatic N) is 6. The van der Waals surface area contributed by atoms with Crippen LogP contribution in [-0.4, -0.2) is 85.9 Å². The second-order valence-electron chi connectivity index (χ2n) is 11.0. The number of pyridine rings is 1. The average molecular weight is 549 g/mol. The molecule has 6 rings (SSSR count). The van der Waals surface area contributed by atoms with Crippen LogP contribution in [0.4, 0.5) is 0 Å². The monoisotopic (exact) mass is 548 g/mol. The van der Waals surface area contributed by atoms with Gasteiger partial charge in [0.15, 0.2) is 0 Å². The fraction of sp³-hybridized carbons (Fsp3) is 0.464. The van der Waals surface area contributed by atoms with E-state index in [9.17, 15) is 9.82 Å². The molecule has 204 valence electrons. The van der Waals surface area contributed by atoms with Gasteiger partial charge in [-0.2, -0.15) is 0 Å². The van der Waals surface area contributed by atoms with Crippen molar-refractivity contribution in [2.24, 2.45) is 5.92 Å². The second-order valence-corrected chi connectivity index (χ2v) is 11.4. The van der Waals surface area contributed by atoms with Crippen molar-refractivity contribution in [1.82, 2.24) is 29.1 Å². The van der Waals surface area contributed by atoms with Crippen molar-refractivity contribution in [2.45, 2.75) is 45.4 Å². The van der Waals surface area contributed by atoms with E-state index in [1.165, 1.54) is 0 Å². The molecule has 3 aromatic rings. The molecule has 2 aromatic heterocycles. The number of ether oxygens (including phenoxy) is 1. The molecule has 0 radical (unpaired) electrons. The quantitative estimate of drug-likeness (QED) is 0.491. The van der Waals surface area contributed by atoms with Crippen LogP contribution in [0.25, 0.3) is 0 Å². The van der Waals surface area contributed by atoms with Gasteiger partial charge >= 0.3 is 7.05 Å². The third-order valence-corrected chi connectivity index (χ3v) is 8.49. The zero-order valence-corrected chi connectivity index (χ0v) is 23.2. The van der Waals surface area contributed by atoms with Crippen molar-refractivity contribution in [3.63, 3.8) is 0 Å². The van der Waals surface area contributed by atoms with Crippen LogP contribution in [0.15, 0.2) is 49.1 Å². The van der Waals surface area contributed by atoms with Gasteiger partial charge in [0.1, 0.15) is 12.4 Å². The first kappa shape index (κ1) is 26.3. The van der Waals surface area contributed by atoms with Gasteiger partial charge in [0.25, 0.3) is 0 Å². The Morgan fingerprint density at radius 2 is 2.08 bits per heavy atom. The SMILES string of the molecule is CB(O)N1CCN([C@@H]2c3ccc(Cl)cc3OCc3cccnc32)CC1C(=O)N1CC[C@@H](Cn2cnc(C)c2)C1. The molecule has 3 atom stereocenters. The lowest BCUT2D eigenvalue weighted by Crippen LogP contribution is -2.63. The van der Waals surface area contributed by atoms with Gasteiger partial charge in [-0.25, -0.2) is 4.98 Å². The lowest BCUT2D eigenvalue weighted by atomic mass is 9.81.